The zero-order chi connectivity index (χ0) is 10.9. The van der Waals surface area contributed by atoms with Gasteiger partial charge in [-0.3, -0.25) is 0 Å². The van der Waals surface area contributed by atoms with Crippen LogP contribution < -0.4 is 10.6 Å². The maximum atomic E-state index is 5.63. The number of hydrogen-bond acceptors (Lipinski definition) is 3. The molecule has 3 nitrogen and oxygen atoms in total. The third-order valence-corrected chi connectivity index (χ3v) is 2.86. The molecule has 0 radical (unpaired) electrons. The summed E-state index contributed by atoms with van der Waals surface area (Å²) < 4.78 is 5.63. The van der Waals surface area contributed by atoms with Crippen LogP contribution in [0.4, 0.5) is 0 Å². The van der Waals surface area contributed by atoms with Gasteiger partial charge in [0.15, 0.2) is 0 Å². The largest absolute Gasteiger partial charge is 0.378 e. The van der Waals surface area contributed by atoms with Crippen molar-refractivity contribution in [2.75, 3.05) is 32.8 Å². The standard InChI is InChI=1S/C12H22N2O/c1-3-6-13-7-8-14-10-11-5-9-15-12(11)4-2/h1,11-14H,4-10H2,2H3. The van der Waals surface area contributed by atoms with Gasteiger partial charge in [-0.05, 0) is 18.8 Å². The lowest BCUT2D eigenvalue weighted by Crippen LogP contribution is -2.33. The number of ether oxygens (including phenoxy) is 1. The topological polar surface area (TPSA) is 33.3 Å². The molecule has 0 saturated carbocycles. The van der Waals surface area contributed by atoms with Gasteiger partial charge in [0.2, 0.25) is 0 Å². The van der Waals surface area contributed by atoms with Crippen LogP contribution in [0.5, 0.6) is 0 Å². The normalized spacial score (nSPS) is 25.3. The second kappa shape index (κ2) is 7.70. The van der Waals surface area contributed by atoms with E-state index in [1.807, 2.05) is 0 Å². The van der Waals surface area contributed by atoms with Crippen molar-refractivity contribution in [2.45, 2.75) is 25.9 Å². The predicted octanol–water partition coefficient (Wildman–Crippen LogP) is 0.614. The summed E-state index contributed by atoms with van der Waals surface area (Å²) >= 11 is 0. The molecule has 2 atom stereocenters. The first-order valence-corrected chi connectivity index (χ1v) is 5.85. The Kier molecular flexibility index (Phi) is 6.42. The lowest BCUT2D eigenvalue weighted by atomic mass is 10.00. The van der Waals surface area contributed by atoms with Crippen LogP contribution in [0, 0.1) is 18.3 Å². The van der Waals surface area contributed by atoms with Gasteiger partial charge in [-0.25, -0.2) is 0 Å². The van der Waals surface area contributed by atoms with E-state index in [9.17, 15) is 0 Å². The van der Waals surface area contributed by atoms with Crippen LogP contribution in [-0.4, -0.2) is 38.9 Å². The third kappa shape index (κ3) is 4.65. The maximum Gasteiger partial charge on any atom is 0.0613 e. The zero-order valence-electron chi connectivity index (χ0n) is 9.59. The Morgan fingerprint density at radius 3 is 2.93 bits per heavy atom. The summed E-state index contributed by atoms with van der Waals surface area (Å²) in [6.45, 7) is 6.77. The van der Waals surface area contributed by atoms with Crippen LogP contribution in [0.2, 0.25) is 0 Å². The molecule has 1 fully saturated rings. The van der Waals surface area contributed by atoms with E-state index in [0.717, 1.165) is 32.7 Å². The number of nitrogens with one attached hydrogen (secondary N) is 2. The van der Waals surface area contributed by atoms with Gasteiger partial charge in [0.25, 0.3) is 0 Å². The second-order valence-electron chi connectivity index (χ2n) is 3.95. The second-order valence-corrected chi connectivity index (χ2v) is 3.95. The minimum absolute atomic E-state index is 0.469. The van der Waals surface area contributed by atoms with Gasteiger partial charge in [0.1, 0.15) is 0 Å². The first-order chi connectivity index (χ1) is 7.38. The molecule has 15 heavy (non-hydrogen) atoms. The maximum absolute atomic E-state index is 5.63. The van der Waals surface area contributed by atoms with Crippen molar-refractivity contribution in [1.82, 2.24) is 10.6 Å². The van der Waals surface area contributed by atoms with Gasteiger partial charge in [-0.2, -0.15) is 0 Å². The molecule has 1 aliphatic heterocycles. The van der Waals surface area contributed by atoms with Gasteiger partial charge in [0, 0.05) is 26.2 Å². The fourth-order valence-electron chi connectivity index (χ4n) is 2.00. The summed E-state index contributed by atoms with van der Waals surface area (Å²) in [5.74, 6) is 3.25. The van der Waals surface area contributed by atoms with Gasteiger partial charge in [-0.1, -0.05) is 12.8 Å². The van der Waals surface area contributed by atoms with Crippen molar-refractivity contribution in [3.63, 3.8) is 0 Å². The smallest absolute Gasteiger partial charge is 0.0613 e. The predicted molar refractivity (Wildman–Crippen MR) is 62.7 cm³/mol. The van der Waals surface area contributed by atoms with E-state index in [1.165, 1.54) is 6.42 Å². The molecule has 2 N–H and O–H groups in total. The number of terminal acetylenes is 1. The molecule has 0 bridgehead atoms. The quantitative estimate of drug-likeness (QED) is 0.477. The molecule has 1 saturated heterocycles. The molecule has 0 aromatic heterocycles. The third-order valence-electron chi connectivity index (χ3n) is 2.86. The lowest BCUT2D eigenvalue weighted by Gasteiger charge is -2.17. The van der Waals surface area contributed by atoms with Crippen LogP contribution in [0.1, 0.15) is 19.8 Å². The van der Waals surface area contributed by atoms with Crippen LogP contribution in [-0.2, 0) is 4.74 Å². The first kappa shape index (κ1) is 12.5. The highest BCUT2D eigenvalue weighted by molar-refractivity contribution is 4.86. The summed E-state index contributed by atoms with van der Waals surface area (Å²) in [5, 5.41) is 6.60. The van der Waals surface area contributed by atoms with E-state index in [-0.39, 0.29) is 0 Å². The van der Waals surface area contributed by atoms with Crippen molar-refractivity contribution in [1.29, 1.82) is 0 Å². The SMILES string of the molecule is C#CCNCCNCC1CCOC1CC. The molecular formula is C12H22N2O. The van der Waals surface area contributed by atoms with Crippen molar-refractivity contribution < 1.29 is 4.74 Å². The van der Waals surface area contributed by atoms with Crippen molar-refractivity contribution in [3.8, 4) is 12.3 Å². The van der Waals surface area contributed by atoms with Crippen LogP contribution >= 0.6 is 0 Å². The highest BCUT2D eigenvalue weighted by Gasteiger charge is 2.25. The molecule has 1 aliphatic rings. The summed E-state index contributed by atoms with van der Waals surface area (Å²) in [6.07, 6.45) is 7.92. The molecule has 3 heteroatoms. The molecule has 0 amide bonds. The van der Waals surface area contributed by atoms with E-state index in [2.05, 4.69) is 23.5 Å². The Morgan fingerprint density at radius 1 is 1.40 bits per heavy atom. The van der Waals surface area contributed by atoms with E-state index in [1.54, 1.807) is 0 Å². The van der Waals surface area contributed by atoms with E-state index < -0.39 is 0 Å². The molecule has 1 heterocycles. The van der Waals surface area contributed by atoms with Crippen LogP contribution in [0.3, 0.4) is 0 Å². The summed E-state index contributed by atoms with van der Waals surface area (Å²) in [6, 6.07) is 0. The molecule has 1 rings (SSSR count). The Morgan fingerprint density at radius 2 is 2.20 bits per heavy atom. The van der Waals surface area contributed by atoms with Gasteiger partial charge < -0.3 is 15.4 Å². The fourth-order valence-corrected chi connectivity index (χ4v) is 2.00. The summed E-state index contributed by atoms with van der Waals surface area (Å²) in [4.78, 5) is 0. The van der Waals surface area contributed by atoms with E-state index >= 15 is 0 Å². The summed E-state index contributed by atoms with van der Waals surface area (Å²) in [5.41, 5.74) is 0. The average Bonchev–Trinajstić information content (AvgIpc) is 2.70. The van der Waals surface area contributed by atoms with Crippen LogP contribution in [0.25, 0.3) is 0 Å². The highest BCUT2D eigenvalue weighted by Crippen LogP contribution is 2.22. The Balaban J connectivity index is 1.97. The summed E-state index contributed by atoms with van der Waals surface area (Å²) in [7, 11) is 0. The lowest BCUT2D eigenvalue weighted by molar-refractivity contribution is 0.0873. The van der Waals surface area contributed by atoms with Crippen molar-refractivity contribution in [2.24, 2.45) is 5.92 Å². The van der Waals surface area contributed by atoms with E-state index in [0.29, 0.717) is 18.6 Å². The highest BCUT2D eigenvalue weighted by atomic mass is 16.5. The monoisotopic (exact) mass is 210 g/mol. The molecular weight excluding hydrogens is 188 g/mol. The minimum Gasteiger partial charge on any atom is -0.378 e. The molecule has 2 unspecified atom stereocenters. The number of rotatable bonds is 7. The Hall–Kier alpha value is -0.560. The van der Waals surface area contributed by atoms with Crippen molar-refractivity contribution in [3.05, 3.63) is 0 Å². The average molecular weight is 210 g/mol. The molecule has 0 aromatic rings. The van der Waals surface area contributed by atoms with Gasteiger partial charge in [0.05, 0.1) is 12.6 Å². The van der Waals surface area contributed by atoms with Gasteiger partial charge >= 0.3 is 0 Å². The zero-order valence-corrected chi connectivity index (χ0v) is 9.59. The molecule has 0 spiro atoms. The molecule has 0 aliphatic carbocycles. The molecule has 0 aromatic carbocycles. The van der Waals surface area contributed by atoms with Crippen LogP contribution in [0.15, 0.2) is 0 Å². The van der Waals surface area contributed by atoms with Gasteiger partial charge in [-0.15, -0.1) is 6.42 Å². The van der Waals surface area contributed by atoms with E-state index in [4.69, 9.17) is 11.2 Å². The Labute approximate surface area is 93.0 Å². The fraction of sp³-hybridized carbons (Fsp3) is 0.833. The minimum atomic E-state index is 0.469. The number of hydrogen-bond donors (Lipinski definition) is 2. The first-order valence-electron chi connectivity index (χ1n) is 5.85. The Bertz CT molecular complexity index is 200. The molecule has 86 valence electrons. The van der Waals surface area contributed by atoms with Crippen molar-refractivity contribution >= 4 is 0 Å².